The molecular formula is C15H10ClF3O3. The molecule has 0 amide bonds. The van der Waals surface area contributed by atoms with E-state index in [2.05, 4.69) is 0 Å². The molecule has 0 saturated heterocycles. The van der Waals surface area contributed by atoms with E-state index in [4.69, 9.17) is 16.7 Å². The van der Waals surface area contributed by atoms with Gasteiger partial charge in [0.2, 0.25) is 0 Å². The number of carboxylic acids is 1. The van der Waals surface area contributed by atoms with Gasteiger partial charge in [-0.1, -0.05) is 35.9 Å². The number of alkyl halides is 3. The van der Waals surface area contributed by atoms with Crippen LogP contribution in [0.3, 0.4) is 0 Å². The third kappa shape index (κ3) is 3.23. The van der Waals surface area contributed by atoms with E-state index in [1.807, 2.05) is 0 Å². The summed E-state index contributed by atoms with van der Waals surface area (Å²) in [4.78, 5) is 11.0. The zero-order chi connectivity index (χ0) is 16.5. The summed E-state index contributed by atoms with van der Waals surface area (Å²) in [7, 11) is 0. The molecule has 2 aromatic carbocycles. The minimum atomic E-state index is -4.61. The number of hydrogen-bond acceptors (Lipinski definition) is 2. The van der Waals surface area contributed by atoms with Crippen molar-refractivity contribution >= 4 is 17.6 Å². The monoisotopic (exact) mass is 330 g/mol. The van der Waals surface area contributed by atoms with Gasteiger partial charge >= 0.3 is 12.1 Å². The highest BCUT2D eigenvalue weighted by molar-refractivity contribution is 6.30. The van der Waals surface area contributed by atoms with Gasteiger partial charge in [0, 0.05) is 10.6 Å². The summed E-state index contributed by atoms with van der Waals surface area (Å²) in [5, 5.41) is 18.7. The Kier molecular flexibility index (Phi) is 4.44. The number of aliphatic hydroxyl groups excluding tert-OH is 1. The zero-order valence-corrected chi connectivity index (χ0v) is 11.7. The molecule has 2 N–H and O–H groups in total. The van der Waals surface area contributed by atoms with E-state index in [0.29, 0.717) is 0 Å². The number of carbonyl (C=O) groups is 1. The fourth-order valence-corrected chi connectivity index (χ4v) is 2.28. The van der Waals surface area contributed by atoms with Crippen LogP contribution in [0.25, 0.3) is 11.1 Å². The molecule has 0 aliphatic carbocycles. The number of benzene rings is 2. The zero-order valence-electron chi connectivity index (χ0n) is 10.9. The Morgan fingerprint density at radius 1 is 1.09 bits per heavy atom. The lowest BCUT2D eigenvalue weighted by atomic mass is 9.92. The number of rotatable bonds is 3. The van der Waals surface area contributed by atoms with Crippen LogP contribution < -0.4 is 0 Å². The van der Waals surface area contributed by atoms with Crippen molar-refractivity contribution in [3.8, 4) is 11.1 Å². The summed E-state index contributed by atoms with van der Waals surface area (Å²) >= 11 is 5.76. The van der Waals surface area contributed by atoms with Crippen LogP contribution in [0.1, 0.15) is 17.2 Å². The second-order valence-electron chi connectivity index (χ2n) is 4.52. The third-order valence-corrected chi connectivity index (χ3v) is 3.30. The molecule has 3 nitrogen and oxygen atoms in total. The molecule has 2 rings (SSSR count). The third-order valence-electron chi connectivity index (χ3n) is 3.06. The highest BCUT2D eigenvalue weighted by Gasteiger charge is 2.34. The first-order valence-corrected chi connectivity index (χ1v) is 6.46. The molecule has 0 heterocycles. The molecular weight excluding hydrogens is 321 g/mol. The van der Waals surface area contributed by atoms with Crippen molar-refractivity contribution < 1.29 is 28.2 Å². The molecule has 7 heteroatoms. The van der Waals surface area contributed by atoms with E-state index >= 15 is 0 Å². The molecule has 1 atom stereocenters. The molecule has 0 aliphatic heterocycles. The van der Waals surface area contributed by atoms with E-state index in [1.165, 1.54) is 30.3 Å². The fourth-order valence-electron chi connectivity index (χ4n) is 2.10. The van der Waals surface area contributed by atoms with Crippen LogP contribution in [0.2, 0.25) is 5.02 Å². The van der Waals surface area contributed by atoms with Gasteiger partial charge in [0.15, 0.2) is 6.10 Å². The molecule has 0 aromatic heterocycles. The van der Waals surface area contributed by atoms with Gasteiger partial charge in [-0.2, -0.15) is 13.2 Å². The number of aliphatic hydroxyl groups is 1. The van der Waals surface area contributed by atoms with Crippen molar-refractivity contribution in [3.05, 3.63) is 58.6 Å². The molecule has 2 aromatic rings. The maximum absolute atomic E-state index is 13.1. The second kappa shape index (κ2) is 5.98. The minimum Gasteiger partial charge on any atom is -0.479 e. The number of aliphatic carboxylic acids is 1. The topological polar surface area (TPSA) is 57.5 Å². The SMILES string of the molecule is O=C(O)C(O)c1cc(Cl)ccc1-c1ccccc1C(F)(F)F. The van der Waals surface area contributed by atoms with Crippen molar-refractivity contribution in [2.45, 2.75) is 12.3 Å². The average molecular weight is 331 g/mol. The van der Waals surface area contributed by atoms with Gasteiger partial charge in [-0.25, -0.2) is 4.79 Å². The van der Waals surface area contributed by atoms with Crippen LogP contribution >= 0.6 is 11.6 Å². The Morgan fingerprint density at radius 3 is 2.32 bits per heavy atom. The first kappa shape index (κ1) is 16.3. The predicted octanol–water partition coefficient (Wildman–Crippen LogP) is 4.14. The molecule has 22 heavy (non-hydrogen) atoms. The summed E-state index contributed by atoms with van der Waals surface area (Å²) in [6.07, 6.45) is -6.59. The van der Waals surface area contributed by atoms with Gasteiger partial charge in [0.25, 0.3) is 0 Å². The quantitative estimate of drug-likeness (QED) is 0.889. The van der Waals surface area contributed by atoms with E-state index < -0.39 is 23.8 Å². The van der Waals surface area contributed by atoms with E-state index in [0.717, 1.165) is 12.1 Å². The smallest absolute Gasteiger partial charge is 0.417 e. The van der Waals surface area contributed by atoms with Gasteiger partial charge in [-0.05, 0) is 29.3 Å². The van der Waals surface area contributed by atoms with Gasteiger partial charge < -0.3 is 10.2 Å². The first-order valence-electron chi connectivity index (χ1n) is 6.08. The standard InChI is InChI=1S/C15H10ClF3O3/c16-8-5-6-9(11(7-8)13(20)14(21)22)10-3-1-2-4-12(10)15(17,18)19/h1-7,13,20H,(H,21,22). The number of halogens is 4. The van der Waals surface area contributed by atoms with Crippen LogP contribution in [0.15, 0.2) is 42.5 Å². The summed E-state index contributed by atoms with van der Waals surface area (Å²) in [6.45, 7) is 0. The van der Waals surface area contributed by atoms with Crippen molar-refractivity contribution in [1.29, 1.82) is 0 Å². The minimum absolute atomic E-state index is 0.0350. The van der Waals surface area contributed by atoms with E-state index in [1.54, 1.807) is 0 Å². The maximum Gasteiger partial charge on any atom is 0.417 e. The molecule has 0 aliphatic rings. The molecule has 0 radical (unpaired) electrons. The van der Waals surface area contributed by atoms with Crippen LogP contribution in [-0.2, 0) is 11.0 Å². The van der Waals surface area contributed by atoms with Gasteiger partial charge in [-0.3, -0.25) is 0 Å². The summed E-state index contributed by atoms with van der Waals surface area (Å²) in [5.41, 5.74) is -1.37. The molecule has 0 fully saturated rings. The lowest BCUT2D eigenvalue weighted by Gasteiger charge is -2.17. The summed E-state index contributed by atoms with van der Waals surface area (Å²) in [6, 6.07) is 8.47. The van der Waals surface area contributed by atoms with E-state index in [9.17, 15) is 23.1 Å². The lowest BCUT2D eigenvalue weighted by Crippen LogP contribution is -2.13. The Balaban J connectivity index is 2.71. The average Bonchev–Trinajstić information content (AvgIpc) is 2.45. The Bertz CT molecular complexity index is 713. The van der Waals surface area contributed by atoms with Crippen molar-refractivity contribution in [2.24, 2.45) is 0 Å². The van der Waals surface area contributed by atoms with Crippen molar-refractivity contribution in [3.63, 3.8) is 0 Å². The number of hydrogen-bond donors (Lipinski definition) is 2. The first-order chi connectivity index (χ1) is 10.2. The number of carboxylic acid groups (broad SMARTS) is 1. The second-order valence-corrected chi connectivity index (χ2v) is 4.95. The molecule has 0 spiro atoms. The van der Waals surface area contributed by atoms with Crippen molar-refractivity contribution in [1.82, 2.24) is 0 Å². The molecule has 0 saturated carbocycles. The normalized spacial score (nSPS) is 13.0. The highest BCUT2D eigenvalue weighted by atomic mass is 35.5. The summed E-state index contributed by atoms with van der Waals surface area (Å²) < 4.78 is 39.3. The van der Waals surface area contributed by atoms with E-state index in [-0.39, 0.29) is 21.7 Å². The summed E-state index contributed by atoms with van der Waals surface area (Å²) in [5.74, 6) is -1.58. The Hall–Kier alpha value is -2.05. The lowest BCUT2D eigenvalue weighted by molar-refractivity contribution is -0.146. The van der Waals surface area contributed by atoms with Crippen molar-refractivity contribution in [2.75, 3.05) is 0 Å². The fraction of sp³-hybridized carbons (Fsp3) is 0.133. The largest absolute Gasteiger partial charge is 0.479 e. The molecule has 1 unspecified atom stereocenters. The van der Waals surface area contributed by atoms with Crippen LogP contribution in [0, 0.1) is 0 Å². The Labute approximate surface area is 128 Å². The molecule has 116 valence electrons. The molecule has 0 bridgehead atoms. The van der Waals surface area contributed by atoms with Gasteiger partial charge in [-0.15, -0.1) is 0 Å². The van der Waals surface area contributed by atoms with Crippen LogP contribution in [0.4, 0.5) is 13.2 Å². The van der Waals surface area contributed by atoms with Gasteiger partial charge in [0.05, 0.1) is 5.56 Å². The van der Waals surface area contributed by atoms with Crippen LogP contribution in [0.5, 0.6) is 0 Å². The maximum atomic E-state index is 13.1. The predicted molar refractivity (Wildman–Crippen MR) is 74.5 cm³/mol. The van der Waals surface area contributed by atoms with Gasteiger partial charge in [0.1, 0.15) is 0 Å². The van der Waals surface area contributed by atoms with Crippen LogP contribution in [-0.4, -0.2) is 16.2 Å². The highest BCUT2D eigenvalue weighted by Crippen LogP contribution is 2.40. The Morgan fingerprint density at radius 2 is 1.73 bits per heavy atom.